The van der Waals surface area contributed by atoms with E-state index in [-0.39, 0.29) is 0 Å². The first kappa shape index (κ1) is 14.4. The van der Waals surface area contributed by atoms with Crippen molar-refractivity contribution in [3.05, 3.63) is 35.5 Å². The van der Waals surface area contributed by atoms with Crippen LogP contribution in [0.4, 0.5) is 11.6 Å². The Morgan fingerprint density at radius 3 is 2.50 bits per heavy atom. The van der Waals surface area contributed by atoms with E-state index in [1.807, 2.05) is 13.0 Å². The summed E-state index contributed by atoms with van der Waals surface area (Å²) in [5, 5.41) is 6.66. The Morgan fingerprint density at radius 2 is 1.90 bits per heavy atom. The monoisotopic (exact) mass is 274 g/mol. The Bertz CT molecular complexity index is 537. The van der Waals surface area contributed by atoms with Gasteiger partial charge in [-0.2, -0.15) is 0 Å². The quantitative estimate of drug-likeness (QED) is 0.810. The van der Waals surface area contributed by atoms with E-state index in [2.05, 4.69) is 34.4 Å². The van der Waals surface area contributed by atoms with Crippen molar-refractivity contribution in [2.24, 2.45) is 0 Å². The lowest BCUT2D eigenvalue weighted by atomic mass is 10.2. The van der Waals surface area contributed by atoms with Crippen LogP contribution < -0.4 is 10.6 Å². The molecule has 2 heterocycles. The highest BCUT2D eigenvalue weighted by Crippen LogP contribution is 2.21. The maximum absolute atomic E-state index is 5.07. The fourth-order valence-corrected chi connectivity index (χ4v) is 1.99. The number of nitrogens with one attached hydrogen (secondary N) is 2. The first-order valence-electron chi connectivity index (χ1n) is 7.10. The normalized spacial score (nSPS) is 10.6. The molecule has 0 aromatic carbocycles. The Balaban J connectivity index is 2.20. The fourth-order valence-electron chi connectivity index (χ4n) is 1.99. The average molecular weight is 274 g/mol. The third-order valence-corrected chi connectivity index (χ3v) is 3.05. The first-order chi connectivity index (χ1) is 9.74. The second kappa shape index (κ2) is 6.93. The summed E-state index contributed by atoms with van der Waals surface area (Å²) in [5.74, 6) is 2.69. The van der Waals surface area contributed by atoms with Gasteiger partial charge < -0.3 is 15.1 Å². The summed E-state index contributed by atoms with van der Waals surface area (Å²) in [4.78, 5) is 9.19. The minimum absolute atomic E-state index is 0.700. The molecule has 20 heavy (non-hydrogen) atoms. The van der Waals surface area contributed by atoms with Crippen LogP contribution in [0.25, 0.3) is 0 Å². The highest BCUT2D eigenvalue weighted by molar-refractivity contribution is 5.57. The molecule has 2 aromatic heterocycles. The zero-order valence-corrected chi connectivity index (χ0v) is 12.4. The van der Waals surface area contributed by atoms with Gasteiger partial charge in [0.1, 0.15) is 17.5 Å². The molecule has 0 aliphatic heterocycles. The summed E-state index contributed by atoms with van der Waals surface area (Å²) >= 11 is 0. The largest absolute Gasteiger partial charge is 0.472 e. The highest BCUT2D eigenvalue weighted by Gasteiger charge is 2.10. The van der Waals surface area contributed by atoms with Crippen molar-refractivity contribution in [1.29, 1.82) is 0 Å². The number of furan rings is 1. The summed E-state index contributed by atoms with van der Waals surface area (Å²) in [6.45, 7) is 7.79. The molecule has 0 fully saturated rings. The highest BCUT2D eigenvalue weighted by atomic mass is 16.3. The molecular weight excluding hydrogens is 252 g/mol. The van der Waals surface area contributed by atoms with Crippen LogP contribution in [0.1, 0.15) is 37.2 Å². The third-order valence-electron chi connectivity index (χ3n) is 3.05. The molecule has 108 valence electrons. The van der Waals surface area contributed by atoms with Crippen molar-refractivity contribution >= 4 is 11.6 Å². The van der Waals surface area contributed by atoms with Crippen LogP contribution in [0.2, 0.25) is 0 Å². The van der Waals surface area contributed by atoms with Gasteiger partial charge in [0.15, 0.2) is 0 Å². The molecule has 5 nitrogen and oxygen atoms in total. The molecule has 0 saturated carbocycles. The number of aromatic nitrogens is 2. The first-order valence-corrected chi connectivity index (χ1v) is 7.10. The van der Waals surface area contributed by atoms with Crippen molar-refractivity contribution in [2.45, 2.75) is 40.2 Å². The molecule has 5 heteroatoms. The number of nitrogens with zero attached hydrogens (tertiary/aromatic N) is 2. The van der Waals surface area contributed by atoms with Gasteiger partial charge in [0, 0.05) is 30.6 Å². The van der Waals surface area contributed by atoms with Crippen LogP contribution in [0.3, 0.4) is 0 Å². The Hall–Kier alpha value is -2.04. The van der Waals surface area contributed by atoms with Gasteiger partial charge in [0.05, 0.1) is 12.5 Å². The third kappa shape index (κ3) is 3.50. The fraction of sp³-hybridized carbons (Fsp3) is 0.467. The number of hydrogen-bond acceptors (Lipinski definition) is 5. The lowest BCUT2D eigenvalue weighted by Crippen LogP contribution is -2.11. The second-order valence-electron chi connectivity index (χ2n) is 4.73. The van der Waals surface area contributed by atoms with E-state index >= 15 is 0 Å². The van der Waals surface area contributed by atoms with Gasteiger partial charge in [-0.25, -0.2) is 9.97 Å². The van der Waals surface area contributed by atoms with Crippen LogP contribution >= 0.6 is 0 Å². The standard InChI is InChI=1S/C15H22N4O/c1-4-6-13-18-14(16-5-2)11(3)15(19-13)17-9-12-7-8-20-10-12/h7-8,10H,4-6,9H2,1-3H3,(H2,16,17,18,19). The van der Waals surface area contributed by atoms with Crippen molar-refractivity contribution < 1.29 is 4.42 Å². The van der Waals surface area contributed by atoms with Crippen LogP contribution in [-0.2, 0) is 13.0 Å². The van der Waals surface area contributed by atoms with Crippen LogP contribution in [0, 0.1) is 6.92 Å². The van der Waals surface area contributed by atoms with E-state index in [1.54, 1.807) is 12.5 Å². The summed E-state index contributed by atoms with van der Waals surface area (Å²) in [5.41, 5.74) is 2.15. The van der Waals surface area contributed by atoms with E-state index in [1.165, 1.54) is 0 Å². The van der Waals surface area contributed by atoms with Crippen molar-refractivity contribution in [1.82, 2.24) is 9.97 Å². The van der Waals surface area contributed by atoms with E-state index in [0.717, 1.165) is 48.0 Å². The van der Waals surface area contributed by atoms with Crippen LogP contribution in [0.15, 0.2) is 23.0 Å². The lowest BCUT2D eigenvalue weighted by molar-refractivity contribution is 0.564. The second-order valence-corrected chi connectivity index (χ2v) is 4.73. The van der Waals surface area contributed by atoms with E-state index in [4.69, 9.17) is 4.42 Å². The van der Waals surface area contributed by atoms with Crippen LogP contribution in [0.5, 0.6) is 0 Å². The predicted octanol–water partition coefficient (Wildman–Crippen LogP) is 3.37. The van der Waals surface area contributed by atoms with Crippen molar-refractivity contribution in [2.75, 3.05) is 17.2 Å². The average Bonchev–Trinajstić information content (AvgIpc) is 2.94. The Morgan fingerprint density at radius 1 is 1.15 bits per heavy atom. The molecule has 0 bridgehead atoms. The minimum atomic E-state index is 0.700. The van der Waals surface area contributed by atoms with E-state index in [0.29, 0.717) is 6.54 Å². The lowest BCUT2D eigenvalue weighted by Gasteiger charge is -2.14. The summed E-state index contributed by atoms with van der Waals surface area (Å²) in [7, 11) is 0. The molecular formula is C15H22N4O. The Labute approximate surface area is 119 Å². The summed E-state index contributed by atoms with van der Waals surface area (Å²) in [6.07, 6.45) is 5.34. The number of hydrogen-bond donors (Lipinski definition) is 2. The molecule has 0 spiro atoms. The van der Waals surface area contributed by atoms with Gasteiger partial charge in [0.2, 0.25) is 0 Å². The molecule has 0 unspecified atom stereocenters. The molecule has 0 aliphatic rings. The van der Waals surface area contributed by atoms with E-state index < -0.39 is 0 Å². The number of aryl methyl sites for hydroxylation is 1. The maximum Gasteiger partial charge on any atom is 0.135 e. The molecule has 0 aliphatic carbocycles. The molecule has 2 rings (SSSR count). The van der Waals surface area contributed by atoms with Gasteiger partial charge in [0.25, 0.3) is 0 Å². The van der Waals surface area contributed by atoms with Gasteiger partial charge >= 0.3 is 0 Å². The minimum Gasteiger partial charge on any atom is -0.472 e. The number of rotatable bonds is 7. The van der Waals surface area contributed by atoms with E-state index in [9.17, 15) is 0 Å². The van der Waals surface area contributed by atoms with Crippen molar-refractivity contribution in [3.63, 3.8) is 0 Å². The molecule has 0 saturated heterocycles. The summed E-state index contributed by atoms with van der Waals surface area (Å²) < 4.78 is 5.07. The van der Waals surface area contributed by atoms with Gasteiger partial charge in [-0.15, -0.1) is 0 Å². The zero-order valence-electron chi connectivity index (χ0n) is 12.4. The molecule has 2 aromatic rings. The predicted molar refractivity (Wildman–Crippen MR) is 81.0 cm³/mol. The summed E-state index contributed by atoms with van der Waals surface area (Å²) in [6, 6.07) is 1.95. The molecule has 0 amide bonds. The van der Waals surface area contributed by atoms with Crippen molar-refractivity contribution in [3.8, 4) is 0 Å². The topological polar surface area (TPSA) is 63.0 Å². The number of anilines is 2. The van der Waals surface area contributed by atoms with Crippen LogP contribution in [-0.4, -0.2) is 16.5 Å². The maximum atomic E-state index is 5.07. The van der Waals surface area contributed by atoms with Gasteiger partial charge in [-0.1, -0.05) is 6.92 Å². The zero-order chi connectivity index (χ0) is 14.4. The Kier molecular flexibility index (Phi) is 4.98. The van der Waals surface area contributed by atoms with Gasteiger partial charge in [-0.05, 0) is 26.3 Å². The molecule has 0 atom stereocenters. The molecule has 0 radical (unpaired) electrons. The SMILES string of the molecule is CCCc1nc(NCC)c(C)c(NCc2ccoc2)n1. The van der Waals surface area contributed by atoms with Gasteiger partial charge in [-0.3, -0.25) is 0 Å². The molecule has 2 N–H and O–H groups in total. The smallest absolute Gasteiger partial charge is 0.135 e.